The van der Waals surface area contributed by atoms with Gasteiger partial charge >= 0.3 is 0 Å². The molecule has 0 fully saturated rings. The largest absolute Gasteiger partial charge is 0.388 e. The van der Waals surface area contributed by atoms with E-state index in [4.69, 9.17) is 11.6 Å². The molecule has 2 heteroatoms. The molecule has 2 aromatic carbocycles. The molecule has 0 aromatic heterocycles. The van der Waals surface area contributed by atoms with Gasteiger partial charge in [-0.05, 0) is 35.6 Å². The second-order valence-corrected chi connectivity index (χ2v) is 5.25. The Bertz CT molecular complexity index is 546. The van der Waals surface area contributed by atoms with Crippen LogP contribution >= 0.6 is 11.6 Å². The molecule has 1 unspecified atom stereocenters. The van der Waals surface area contributed by atoms with Crippen molar-refractivity contribution in [2.24, 2.45) is 0 Å². The Hall–Kier alpha value is -1.31. The molecule has 1 N–H and O–H groups in total. The molecule has 0 heterocycles. The molecule has 0 saturated carbocycles. The zero-order chi connectivity index (χ0) is 13.8. The second kappa shape index (κ2) is 6.23. The summed E-state index contributed by atoms with van der Waals surface area (Å²) in [6.07, 6.45) is 1.07. The zero-order valence-electron chi connectivity index (χ0n) is 11.4. The maximum atomic E-state index is 10.3. The lowest BCUT2D eigenvalue weighted by atomic mass is 9.99. The lowest BCUT2D eigenvalue weighted by Gasteiger charge is -2.14. The van der Waals surface area contributed by atoms with Crippen molar-refractivity contribution in [1.82, 2.24) is 0 Å². The third kappa shape index (κ3) is 3.37. The molecule has 19 heavy (non-hydrogen) atoms. The van der Waals surface area contributed by atoms with Gasteiger partial charge in [-0.1, -0.05) is 61.0 Å². The van der Waals surface area contributed by atoms with Crippen LogP contribution in [0.5, 0.6) is 0 Å². The summed E-state index contributed by atoms with van der Waals surface area (Å²) in [4.78, 5) is 0. The summed E-state index contributed by atoms with van der Waals surface area (Å²) in [5, 5.41) is 11.0. The van der Waals surface area contributed by atoms with Gasteiger partial charge in [0.1, 0.15) is 0 Å². The van der Waals surface area contributed by atoms with Crippen molar-refractivity contribution in [3.63, 3.8) is 0 Å². The highest BCUT2D eigenvalue weighted by atomic mass is 35.5. The summed E-state index contributed by atoms with van der Waals surface area (Å²) in [6.45, 7) is 4.09. The van der Waals surface area contributed by atoms with Crippen LogP contribution in [0.25, 0.3) is 0 Å². The Morgan fingerprint density at radius 1 is 1.05 bits per heavy atom. The van der Waals surface area contributed by atoms with Crippen molar-refractivity contribution in [2.45, 2.75) is 32.8 Å². The fourth-order valence-corrected chi connectivity index (χ4v) is 2.42. The zero-order valence-corrected chi connectivity index (χ0v) is 12.1. The first-order valence-electron chi connectivity index (χ1n) is 6.62. The van der Waals surface area contributed by atoms with Gasteiger partial charge in [0.15, 0.2) is 0 Å². The highest BCUT2D eigenvalue weighted by Crippen LogP contribution is 2.28. The molecule has 0 amide bonds. The SMILES string of the molecule is CCc1ccc(CC(O)c2cccc(C)c2Cl)cc1. The van der Waals surface area contributed by atoms with E-state index in [1.165, 1.54) is 5.56 Å². The van der Waals surface area contributed by atoms with Crippen LogP contribution in [-0.4, -0.2) is 5.11 Å². The molecule has 1 atom stereocenters. The predicted molar refractivity (Wildman–Crippen MR) is 80.7 cm³/mol. The predicted octanol–water partition coefficient (Wildman–Crippen LogP) is 4.49. The first-order valence-corrected chi connectivity index (χ1v) is 7.00. The minimum absolute atomic E-state index is 0.556. The Morgan fingerprint density at radius 3 is 2.32 bits per heavy atom. The molecule has 0 aliphatic rings. The van der Waals surface area contributed by atoms with Crippen molar-refractivity contribution < 1.29 is 5.11 Å². The summed E-state index contributed by atoms with van der Waals surface area (Å²) < 4.78 is 0. The van der Waals surface area contributed by atoms with Gasteiger partial charge in [-0.2, -0.15) is 0 Å². The minimum atomic E-state index is -0.556. The number of hydrogen-bond acceptors (Lipinski definition) is 1. The summed E-state index contributed by atoms with van der Waals surface area (Å²) in [5.41, 5.74) is 4.25. The molecule has 0 radical (unpaired) electrons. The molecule has 2 aromatic rings. The van der Waals surface area contributed by atoms with Crippen LogP contribution in [0.4, 0.5) is 0 Å². The van der Waals surface area contributed by atoms with Gasteiger partial charge < -0.3 is 5.11 Å². The molecular weight excluding hydrogens is 256 g/mol. The highest BCUT2D eigenvalue weighted by Gasteiger charge is 2.13. The Labute approximate surface area is 119 Å². The van der Waals surface area contributed by atoms with Crippen molar-refractivity contribution in [3.05, 3.63) is 69.7 Å². The normalized spacial score (nSPS) is 12.4. The fourth-order valence-electron chi connectivity index (χ4n) is 2.17. The lowest BCUT2D eigenvalue weighted by Crippen LogP contribution is -2.03. The average Bonchev–Trinajstić information content (AvgIpc) is 2.42. The number of aliphatic hydroxyl groups excluding tert-OH is 1. The second-order valence-electron chi connectivity index (χ2n) is 4.87. The van der Waals surface area contributed by atoms with E-state index in [1.54, 1.807) is 0 Å². The van der Waals surface area contributed by atoms with Gasteiger partial charge in [-0.3, -0.25) is 0 Å². The molecule has 2 rings (SSSR count). The van der Waals surface area contributed by atoms with Crippen molar-refractivity contribution in [3.8, 4) is 0 Å². The van der Waals surface area contributed by atoms with Crippen LogP contribution in [-0.2, 0) is 12.8 Å². The quantitative estimate of drug-likeness (QED) is 0.871. The van der Waals surface area contributed by atoms with E-state index in [2.05, 4.69) is 31.2 Å². The van der Waals surface area contributed by atoms with Crippen LogP contribution in [0.1, 0.15) is 35.3 Å². The molecule has 1 nitrogen and oxygen atoms in total. The number of benzene rings is 2. The van der Waals surface area contributed by atoms with E-state index in [9.17, 15) is 5.11 Å². The Balaban J connectivity index is 2.15. The lowest BCUT2D eigenvalue weighted by molar-refractivity contribution is 0.178. The highest BCUT2D eigenvalue weighted by molar-refractivity contribution is 6.32. The van der Waals surface area contributed by atoms with E-state index >= 15 is 0 Å². The van der Waals surface area contributed by atoms with Crippen LogP contribution in [0.15, 0.2) is 42.5 Å². The average molecular weight is 275 g/mol. The Kier molecular flexibility index (Phi) is 4.62. The summed E-state index contributed by atoms with van der Waals surface area (Å²) in [7, 11) is 0. The number of hydrogen-bond donors (Lipinski definition) is 1. The summed E-state index contributed by atoms with van der Waals surface area (Å²) in [6, 6.07) is 14.1. The molecule has 0 spiro atoms. The van der Waals surface area contributed by atoms with Gasteiger partial charge in [-0.25, -0.2) is 0 Å². The number of halogens is 1. The first kappa shape index (κ1) is 14.1. The molecule has 100 valence electrons. The third-order valence-electron chi connectivity index (χ3n) is 3.44. The molecular formula is C17H19ClO. The molecule has 0 aliphatic carbocycles. The van der Waals surface area contributed by atoms with Crippen LogP contribution in [0.2, 0.25) is 5.02 Å². The van der Waals surface area contributed by atoms with E-state index < -0.39 is 6.10 Å². The van der Waals surface area contributed by atoms with Gasteiger partial charge in [0.2, 0.25) is 0 Å². The topological polar surface area (TPSA) is 20.2 Å². The van der Waals surface area contributed by atoms with Crippen molar-refractivity contribution in [1.29, 1.82) is 0 Å². The molecule has 0 aliphatic heterocycles. The minimum Gasteiger partial charge on any atom is -0.388 e. The fraction of sp³-hybridized carbons (Fsp3) is 0.294. The van der Waals surface area contributed by atoms with Gasteiger partial charge in [0, 0.05) is 11.4 Å². The van der Waals surface area contributed by atoms with Gasteiger partial charge in [0.05, 0.1) is 6.10 Å². The Morgan fingerprint density at radius 2 is 1.68 bits per heavy atom. The summed E-state index contributed by atoms with van der Waals surface area (Å²) >= 11 is 6.24. The number of rotatable bonds is 4. The maximum absolute atomic E-state index is 10.3. The molecule has 0 bridgehead atoms. The van der Waals surface area contributed by atoms with Crippen molar-refractivity contribution in [2.75, 3.05) is 0 Å². The van der Waals surface area contributed by atoms with E-state index in [0.717, 1.165) is 23.1 Å². The smallest absolute Gasteiger partial charge is 0.0844 e. The monoisotopic (exact) mass is 274 g/mol. The van der Waals surface area contributed by atoms with E-state index in [0.29, 0.717) is 11.4 Å². The van der Waals surface area contributed by atoms with Gasteiger partial charge in [-0.15, -0.1) is 0 Å². The van der Waals surface area contributed by atoms with Gasteiger partial charge in [0.25, 0.3) is 0 Å². The van der Waals surface area contributed by atoms with E-state index in [-0.39, 0.29) is 0 Å². The third-order valence-corrected chi connectivity index (χ3v) is 3.96. The van der Waals surface area contributed by atoms with Crippen LogP contribution < -0.4 is 0 Å². The first-order chi connectivity index (χ1) is 9.11. The van der Waals surface area contributed by atoms with Crippen LogP contribution in [0, 0.1) is 6.92 Å². The number of aryl methyl sites for hydroxylation is 2. The standard InChI is InChI=1S/C17H19ClO/c1-3-13-7-9-14(10-8-13)11-16(19)15-6-4-5-12(2)17(15)18/h4-10,16,19H,3,11H2,1-2H3. The summed E-state index contributed by atoms with van der Waals surface area (Å²) in [5.74, 6) is 0. The maximum Gasteiger partial charge on any atom is 0.0844 e. The number of aliphatic hydroxyl groups is 1. The van der Waals surface area contributed by atoms with Crippen molar-refractivity contribution >= 4 is 11.6 Å². The van der Waals surface area contributed by atoms with E-state index in [1.807, 2.05) is 25.1 Å². The molecule has 0 saturated heterocycles. The van der Waals surface area contributed by atoms with Crippen LogP contribution in [0.3, 0.4) is 0 Å².